The lowest BCUT2D eigenvalue weighted by Gasteiger charge is -2.25. The van der Waals surface area contributed by atoms with Crippen LogP contribution in [0.2, 0.25) is 0 Å². The maximum absolute atomic E-state index is 13.2. The molecule has 6 nitrogen and oxygen atoms in total. The number of anilines is 1. The summed E-state index contributed by atoms with van der Waals surface area (Å²) < 4.78 is 2.07. The first-order chi connectivity index (χ1) is 14.7. The van der Waals surface area contributed by atoms with E-state index in [9.17, 15) is 4.79 Å². The molecule has 0 unspecified atom stereocenters. The first kappa shape index (κ1) is 19.9. The van der Waals surface area contributed by atoms with Crippen LogP contribution in [-0.4, -0.2) is 28.0 Å². The Morgan fingerprint density at radius 2 is 1.90 bits per heavy atom. The zero-order valence-electron chi connectivity index (χ0n) is 16.9. The van der Waals surface area contributed by atoms with E-state index in [1.54, 1.807) is 6.33 Å². The molecule has 0 bridgehead atoms. The van der Waals surface area contributed by atoms with Gasteiger partial charge in [-0.05, 0) is 49.1 Å². The molecule has 1 N–H and O–H groups in total. The van der Waals surface area contributed by atoms with E-state index in [1.807, 2.05) is 65.7 Å². The van der Waals surface area contributed by atoms with Crippen LogP contribution < -0.4 is 10.2 Å². The van der Waals surface area contributed by atoms with Gasteiger partial charge in [0.15, 0.2) is 0 Å². The third-order valence-corrected chi connectivity index (χ3v) is 5.52. The van der Waals surface area contributed by atoms with Crippen LogP contribution in [-0.2, 0) is 17.9 Å². The predicted molar refractivity (Wildman–Crippen MR) is 116 cm³/mol. The van der Waals surface area contributed by atoms with Gasteiger partial charge in [-0.15, -0.1) is 0 Å². The minimum Gasteiger partial charge on any atom is -0.329 e. The Morgan fingerprint density at radius 3 is 2.67 bits per heavy atom. The Labute approximate surface area is 176 Å². The van der Waals surface area contributed by atoms with Gasteiger partial charge in [-0.3, -0.25) is 4.79 Å². The second kappa shape index (κ2) is 9.38. The highest BCUT2D eigenvalue weighted by Gasteiger charge is 2.27. The molecule has 0 saturated carbocycles. The molecule has 1 saturated heterocycles. The van der Waals surface area contributed by atoms with Crippen LogP contribution in [0.25, 0.3) is 0 Å². The molecule has 2 heterocycles. The summed E-state index contributed by atoms with van der Waals surface area (Å²) in [6.07, 6.45) is 6.52. The van der Waals surface area contributed by atoms with Gasteiger partial charge in [0, 0.05) is 31.5 Å². The topological polar surface area (TPSA) is 74.0 Å². The number of hydrogen-bond donors (Lipinski definition) is 1. The van der Waals surface area contributed by atoms with E-state index in [0.717, 1.165) is 42.8 Å². The van der Waals surface area contributed by atoms with Crippen LogP contribution in [0.15, 0.2) is 67.1 Å². The van der Waals surface area contributed by atoms with E-state index in [1.165, 1.54) is 0 Å². The number of amides is 1. The molecule has 1 aliphatic heterocycles. The van der Waals surface area contributed by atoms with Crippen molar-refractivity contribution < 1.29 is 4.79 Å². The summed E-state index contributed by atoms with van der Waals surface area (Å²) in [6.45, 7) is 2.02. The van der Waals surface area contributed by atoms with E-state index in [0.29, 0.717) is 18.7 Å². The van der Waals surface area contributed by atoms with Crippen LogP contribution in [0.1, 0.15) is 36.1 Å². The molecular weight excluding hydrogens is 374 g/mol. The van der Waals surface area contributed by atoms with Gasteiger partial charge in [0.05, 0.1) is 29.7 Å². The number of carbonyl (C=O) groups excluding carboxylic acids is 1. The third kappa shape index (κ3) is 4.58. The lowest BCUT2D eigenvalue weighted by Crippen LogP contribution is -2.45. The Morgan fingerprint density at radius 1 is 1.10 bits per heavy atom. The molecule has 152 valence electrons. The molecule has 1 fully saturated rings. The highest BCUT2D eigenvalue weighted by Crippen LogP contribution is 2.20. The third-order valence-electron chi connectivity index (χ3n) is 5.52. The molecule has 1 aliphatic rings. The molecule has 4 rings (SSSR count). The van der Waals surface area contributed by atoms with Gasteiger partial charge in [-0.2, -0.15) is 5.26 Å². The average molecular weight is 399 g/mol. The largest absolute Gasteiger partial charge is 0.329 e. The van der Waals surface area contributed by atoms with E-state index < -0.39 is 0 Å². The van der Waals surface area contributed by atoms with Crippen molar-refractivity contribution in [3.8, 4) is 6.07 Å². The number of para-hydroxylation sites is 1. The van der Waals surface area contributed by atoms with Crippen molar-refractivity contribution in [3.05, 3.63) is 83.9 Å². The summed E-state index contributed by atoms with van der Waals surface area (Å²) in [5.74, 6) is 0.136. The van der Waals surface area contributed by atoms with Gasteiger partial charge in [-0.1, -0.05) is 30.3 Å². The highest BCUT2D eigenvalue weighted by atomic mass is 16.2. The Balaban J connectivity index is 1.42. The monoisotopic (exact) mass is 399 g/mol. The fourth-order valence-electron chi connectivity index (χ4n) is 3.84. The molecule has 0 radical (unpaired) electrons. The fraction of sp³-hybridized carbons (Fsp3) is 0.292. The maximum atomic E-state index is 13.2. The van der Waals surface area contributed by atoms with Crippen LogP contribution >= 0.6 is 0 Å². The second-order valence-electron chi connectivity index (χ2n) is 7.58. The van der Waals surface area contributed by atoms with Crippen LogP contribution in [0, 0.1) is 11.3 Å². The smallest absolute Gasteiger partial charge is 0.244 e. The molecule has 1 atom stereocenters. The van der Waals surface area contributed by atoms with Gasteiger partial charge in [0.2, 0.25) is 5.91 Å². The van der Waals surface area contributed by atoms with Crippen molar-refractivity contribution in [2.24, 2.45) is 0 Å². The molecular formula is C24H25N5O. The summed E-state index contributed by atoms with van der Waals surface area (Å²) in [7, 11) is 0. The molecule has 2 aromatic carbocycles. The van der Waals surface area contributed by atoms with Gasteiger partial charge in [-0.25, -0.2) is 4.98 Å². The number of benzene rings is 2. The molecule has 30 heavy (non-hydrogen) atoms. The van der Waals surface area contributed by atoms with E-state index in [2.05, 4.69) is 20.9 Å². The predicted octanol–water partition coefficient (Wildman–Crippen LogP) is 3.48. The molecule has 6 heteroatoms. The second-order valence-corrected chi connectivity index (χ2v) is 7.58. The summed E-state index contributed by atoms with van der Waals surface area (Å²) in [5.41, 5.74) is 3.75. The van der Waals surface area contributed by atoms with E-state index in [-0.39, 0.29) is 11.9 Å². The Bertz CT molecular complexity index is 1020. The van der Waals surface area contributed by atoms with Crippen LogP contribution in [0.4, 0.5) is 5.69 Å². The lowest BCUT2D eigenvalue weighted by atomic mass is 10.1. The van der Waals surface area contributed by atoms with E-state index >= 15 is 0 Å². The standard InChI is InChI=1S/C24H25N5O/c25-14-19-9-11-20(12-10-19)17-28-18-26-15-22(28)16-27-23-8-4-5-13-29(24(23)30)21-6-2-1-3-7-21/h1-3,6-7,9-12,15,18,23,27H,4-5,8,13,16-17H2/t23-/m0/s1. The number of hydrogen-bond acceptors (Lipinski definition) is 4. The average Bonchev–Trinajstić information content (AvgIpc) is 3.14. The van der Waals surface area contributed by atoms with Crippen molar-refractivity contribution in [2.45, 2.75) is 38.4 Å². The lowest BCUT2D eigenvalue weighted by molar-refractivity contribution is -0.120. The van der Waals surface area contributed by atoms with E-state index in [4.69, 9.17) is 5.26 Å². The number of imidazole rings is 1. The summed E-state index contributed by atoms with van der Waals surface area (Å²) in [5, 5.41) is 12.4. The first-order valence-electron chi connectivity index (χ1n) is 10.3. The molecule has 0 spiro atoms. The number of rotatable bonds is 6. The van der Waals surface area contributed by atoms with Crippen LogP contribution in [0.3, 0.4) is 0 Å². The minimum absolute atomic E-state index is 0.136. The number of nitrogens with zero attached hydrogens (tertiary/aromatic N) is 4. The quantitative estimate of drug-likeness (QED) is 0.689. The number of nitrogens with one attached hydrogen (secondary N) is 1. The normalized spacial score (nSPS) is 16.8. The van der Waals surface area contributed by atoms with Gasteiger partial charge in [0.1, 0.15) is 0 Å². The number of nitriles is 1. The zero-order chi connectivity index (χ0) is 20.8. The van der Waals surface area contributed by atoms with Crippen molar-refractivity contribution in [2.75, 3.05) is 11.4 Å². The molecule has 0 aliphatic carbocycles. The summed E-state index contributed by atoms with van der Waals surface area (Å²) in [6, 6.07) is 19.4. The zero-order valence-corrected chi connectivity index (χ0v) is 16.9. The summed E-state index contributed by atoms with van der Waals surface area (Å²) in [4.78, 5) is 19.3. The minimum atomic E-state index is -0.203. The molecule has 1 amide bonds. The van der Waals surface area contributed by atoms with Crippen molar-refractivity contribution in [1.29, 1.82) is 5.26 Å². The van der Waals surface area contributed by atoms with Gasteiger partial charge in [0.25, 0.3) is 0 Å². The summed E-state index contributed by atoms with van der Waals surface area (Å²) >= 11 is 0. The van der Waals surface area contributed by atoms with Crippen molar-refractivity contribution >= 4 is 11.6 Å². The highest BCUT2D eigenvalue weighted by molar-refractivity contribution is 5.97. The van der Waals surface area contributed by atoms with Crippen LogP contribution in [0.5, 0.6) is 0 Å². The van der Waals surface area contributed by atoms with Gasteiger partial charge < -0.3 is 14.8 Å². The van der Waals surface area contributed by atoms with Crippen molar-refractivity contribution in [3.63, 3.8) is 0 Å². The maximum Gasteiger partial charge on any atom is 0.244 e. The molecule has 3 aromatic rings. The molecule has 1 aromatic heterocycles. The van der Waals surface area contributed by atoms with Crippen molar-refractivity contribution in [1.82, 2.24) is 14.9 Å². The number of carbonyl (C=O) groups is 1. The Hall–Kier alpha value is -3.43. The first-order valence-corrected chi connectivity index (χ1v) is 10.3. The Kier molecular flexibility index (Phi) is 6.21. The SMILES string of the molecule is N#Cc1ccc(Cn2cncc2CN[C@H]2CCCCN(c3ccccc3)C2=O)cc1. The van der Waals surface area contributed by atoms with Gasteiger partial charge >= 0.3 is 0 Å². The number of aromatic nitrogens is 2. The fourth-order valence-corrected chi connectivity index (χ4v) is 3.84.